The molecule has 0 aliphatic carbocycles. The Balaban J connectivity index is 1.27. The monoisotopic (exact) mass is 538 g/mol. The molecule has 0 fully saturated rings. The maximum Gasteiger partial charge on any atom is 0.304 e. The van der Waals surface area contributed by atoms with Crippen LogP contribution >= 0.6 is 0 Å². The van der Waals surface area contributed by atoms with Crippen LogP contribution in [0.25, 0.3) is 11.1 Å². The highest BCUT2D eigenvalue weighted by atomic mass is 32.2. The molecule has 0 spiro atoms. The van der Waals surface area contributed by atoms with Crippen LogP contribution in [0.4, 0.5) is 0 Å². The molecule has 2 aliphatic heterocycles. The van der Waals surface area contributed by atoms with Gasteiger partial charge in [0.15, 0.2) is 0 Å². The van der Waals surface area contributed by atoms with Gasteiger partial charge in [0.2, 0.25) is 0 Å². The van der Waals surface area contributed by atoms with Crippen molar-refractivity contribution in [1.29, 1.82) is 0 Å². The van der Waals surface area contributed by atoms with Gasteiger partial charge in [-0.25, -0.2) is 8.42 Å². The van der Waals surface area contributed by atoms with E-state index in [4.69, 9.17) is 24.1 Å². The molecule has 0 saturated carbocycles. The molecule has 1 unspecified atom stereocenters. The number of hydrogen-bond donors (Lipinski definition) is 1. The average Bonchev–Trinajstić information content (AvgIpc) is 3.17. The van der Waals surface area contributed by atoms with E-state index in [1.54, 1.807) is 0 Å². The van der Waals surface area contributed by atoms with E-state index in [1.807, 2.05) is 36.4 Å². The fraction of sp³-hybridized carbons (Fsp3) is 0.345. The second kappa shape index (κ2) is 10.9. The summed E-state index contributed by atoms with van der Waals surface area (Å²) in [5, 5.41) is 9.10. The van der Waals surface area contributed by atoms with E-state index in [-0.39, 0.29) is 18.1 Å². The summed E-state index contributed by atoms with van der Waals surface area (Å²) in [5.74, 6) is 1.83. The summed E-state index contributed by atoms with van der Waals surface area (Å²) < 4.78 is 46.2. The average molecular weight is 539 g/mol. The Hall–Kier alpha value is -3.72. The Morgan fingerprint density at radius 2 is 1.76 bits per heavy atom. The number of carboxylic acid groups (broad SMARTS) is 1. The molecule has 0 amide bonds. The molecule has 0 aromatic heterocycles. The van der Waals surface area contributed by atoms with Crippen molar-refractivity contribution in [3.05, 3.63) is 71.3 Å². The van der Waals surface area contributed by atoms with Crippen LogP contribution in [0.2, 0.25) is 0 Å². The molecule has 5 rings (SSSR count). The number of ether oxygens (including phenoxy) is 4. The van der Waals surface area contributed by atoms with Gasteiger partial charge in [-0.2, -0.15) is 0 Å². The van der Waals surface area contributed by atoms with E-state index >= 15 is 0 Å². The number of carboxylic acids is 1. The fourth-order valence-corrected chi connectivity index (χ4v) is 5.43. The van der Waals surface area contributed by atoms with Crippen LogP contribution in [0.5, 0.6) is 23.0 Å². The minimum Gasteiger partial charge on any atom is -0.493 e. The van der Waals surface area contributed by atoms with Crippen molar-refractivity contribution in [2.75, 3.05) is 31.8 Å². The third kappa shape index (κ3) is 6.22. The molecule has 3 aromatic carbocycles. The van der Waals surface area contributed by atoms with E-state index < -0.39 is 15.8 Å². The Labute approximate surface area is 222 Å². The van der Waals surface area contributed by atoms with Gasteiger partial charge in [-0.1, -0.05) is 18.2 Å². The van der Waals surface area contributed by atoms with Gasteiger partial charge in [0, 0.05) is 41.9 Å². The second-order valence-electron chi connectivity index (χ2n) is 9.67. The van der Waals surface area contributed by atoms with Crippen molar-refractivity contribution in [2.24, 2.45) is 0 Å². The summed E-state index contributed by atoms with van der Waals surface area (Å²) in [4.78, 5) is 11.1. The van der Waals surface area contributed by atoms with Crippen LogP contribution < -0.4 is 18.9 Å². The van der Waals surface area contributed by atoms with Crippen molar-refractivity contribution in [2.45, 2.75) is 31.8 Å². The lowest BCUT2D eigenvalue weighted by Crippen LogP contribution is -2.08. The summed E-state index contributed by atoms with van der Waals surface area (Å²) in [6, 6.07) is 17.5. The van der Waals surface area contributed by atoms with E-state index in [9.17, 15) is 13.2 Å². The summed E-state index contributed by atoms with van der Waals surface area (Å²) in [6.07, 6.45) is 2.47. The molecule has 0 bridgehead atoms. The standard InChI is InChI=1S/C29H30O8S/c1-38(32,33)12-2-10-34-22-6-8-25-26-13-19(3-4-20(26)9-11-35-28(25)15-22)17-36-23-5-7-24-21(14-29(30)31)18-37-27(24)16-23/h3-8,13,15-16,21H,2,9-12,14,17-18H2,1H3,(H,30,31). The van der Waals surface area contributed by atoms with Gasteiger partial charge < -0.3 is 24.1 Å². The maximum absolute atomic E-state index is 11.3. The molecular weight excluding hydrogens is 508 g/mol. The number of rotatable bonds is 10. The summed E-state index contributed by atoms with van der Waals surface area (Å²) in [6.45, 7) is 1.59. The molecule has 200 valence electrons. The van der Waals surface area contributed by atoms with Crippen molar-refractivity contribution >= 4 is 15.8 Å². The van der Waals surface area contributed by atoms with Crippen molar-refractivity contribution in [1.82, 2.24) is 0 Å². The lowest BCUT2D eigenvalue weighted by Gasteiger charge is -2.14. The third-order valence-electron chi connectivity index (χ3n) is 6.67. The van der Waals surface area contributed by atoms with E-state index in [2.05, 4.69) is 18.2 Å². The Morgan fingerprint density at radius 1 is 0.974 bits per heavy atom. The smallest absolute Gasteiger partial charge is 0.304 e. The lowest BCUT2D eigenvalue weighted by atomic mass is 9.96. The SMILES string of the molecule is CS(=O)(=O)CCCOc1ccc2c(c1)OCCc1ccc(COc3ccc4c(c3)OCC4CC(=O)O)cc1-2. The highest BCUT2D eigenvalue weighted by molar-refractivity contribution is 7.90. The van der Waals surface area contributed by atoms with Gasteiger partial charge in [-0.15, -0.1) is 0 Å². The number of hydrogen-bond acceptors (Lipinski definition) is 7. The number of sulfone groups is 1. The molecular formula is C29H30O8S. The molecule has 9 heteroatoms. The van der Waals surface area contributed by atoms with Crippen LogP contribution in [0.1, 0.15) is 35.4 Å². The first-order valence-corrected chi connectivity index (χ1v) is 14.6. The third-order valence-corrected chi connectivity index (χ3v) is 7.70. The molecule has 0 radical (unpaired) electrons. The molecule has 2 aliphatic rings. The van der Waals surface area contributed by atoms with Crippen LogP contribution in [-0.2, 0) is 27.7 Å². The first kappa shape index (κ1) is 25.9. The van der Waals surface area contributed by atoms with Gasteiger partial charge in [0.05, 0.1) is 32.0 Å². The molecule has 0 saturated heterocycles. The van der Waals surface area contributed by atoms with Crippen LogP contribution in [0.15, 0.2) is 54.6 Å². The lowest BCUT2D eigenvalue weighted by molar-refractivity contribution is -0.137. The van der Waals surface area contributed by atoms with E-state index in [1.165, 1.54) is 11.8 Å². The van der Waals surface area contributed by atoms with Crippen molar-refractivity contribution < 1.29 is 37.3 Å². The van der Waals surface area contributed by atoms with Gasteiger partial charge >= 0.3 is 5.97 Å². The molecule has 3 aromatic rings. The highest BCUT2D eigenvalue weighted by Crippen LogP contribution is 2.40. The fourth-order valence-electron chi connectivity index (χ4n) is 4.79. The predicted molar refractivity (Wildman–Crippen MR) is 142 cm³/mol. The molecule has 2 heterocycles. The van der Waals surface area contributed by atoms with Gasteiger partial charge in [-0.05, 0) is 47.4 Å². The van der Waals surface area contributed by atoms with Gasteiger partial charge in [0.1, 0.15) is 39.4 Å². The van der Waals surface area contributed by atoms with Gasteiger partial charge in [0.25, 0.3) is 0 Å². The number of aliphatic carboxylic acids is 1. The normalized spacial score (nSPS) is 15.8. The minimum absolute atomic E-state index is 0.0460. The van der Waals surface area contributed by atoms with Gasteiger partial charge in [-0.3, -0.25) is 4.79 Å². The highest BCUT2D eigenvalue weighted by Gasteiger charge is 2.26. The zero-order valence-corrected chi connectivity index (χ0v) is 22.0. The molecule has 8 nitrogen and oxygen atoms in total. The quantitative estimate of drug-likeness (QED) is 0.372. The van der Waals surface area contributed by atoms with Crippen LogP contribution in [0, 0.1) is 0 Å². The first-order chi connectivity index (χ1) is 18.2. The maximum atomic E-state index is 11.3. The van der Waals surface area contributed by atoms with E-state index in [0.717, 1.165) is 34.4 Å². The first-order valence-electron chi connectivity index (χ1n) is 12.6. The van der Waals surface area contributed by atoms with Crippen LogP contribution in [-0.4, -0.2) is 51.3 Å². The zero-order valence-electron chi connectivity index (χ0n) is 21.1. The van der Waals surface area contributed by atoms with E-state index in [0.29, 0.717) is 50.1 Å². The molecule has 1 N–H and O–H groups in total. The zero-order chi connectivity index (χ0) is 26.7. The summed E-state index contributed by atoms with van der Waals surface area (Å²) in [5.41, 5.74) is 5.14. The summed E-state index contributed by atoms with van der Waals surface area (Å²) >= 11 is 0. The number of fused-ring (bicyclic) bond motifs is 4. The van der Waals surface area contributed by atoms with Crippen molar-refractivity contribution in [3.63, 3.8) is 0 Å². The Morgan fingerprint density at radius 3 is 2.58 bits per heavy atom. The number of carbonyl (C=O) groups is 1. The van der Waals surface area contributed by atoms with Crippen LogP contribution in [0.3, 0.4) is 0 Å². The summed E-state index contributed by atoms with van der Waals surface area (Å²) in [7, 11) is -3.01. The second-order valence-corrected chi connectivity index (χ2v) is 11.9. The molecule has 38 heavy (non-hydrogen) atoms. The van der Waals surface area contributed by atoms with Crippen molar-refractivity contribution in [3.8, 4) is 34.1 Å². The number of benzene rings is 3. The Kier molecular flexibility index (Phi) is 7.46. The molecule has 1 atom stereocenters. The largest absolute Gasteiger partial charge is 0.493 e. The topological polar surface area (TPSA) is 108 Å². The minimum atomic E-state index is -3.01. The predicted octanol–water partition coefficient (Wildman–Crippen LogP) is 4.63. The Bertz CT molecular complexity index is 1450.